The lowest BCUT2D eigenvalue weighted by molar-refractivity contribution is -0.0833. The molecule has 11 heteroatoms. The van der Waals surface area contributed by atoms with Crippen LogP contribution in [-0.2, 0) is 9.47 Å². The van der Waals surface area contributed by atoms with Crippen LogP contribution in [-0.4, -0.2) is 67.4 Å². The molecule has 4 aliphatic heterocycles. The van der Waals surface area contributed by atoms with Gasteiger partial charge in [-0.2, -0.15) is 4.98 Å². The van der Waals surface area contributed by atoms with E-state index in [2.05, 4.69) is 20.5 Å². The van der Waals surface area contributed by atoms with E-state index in [1.807, 2.05) is 30.1 Å². The van der Waals surface area contributed by atoms with E-state index in [0.717, 1.165) is 42.6 Å². The second kappa shape index (κ2) is 8.59. The Labute approximate surface area is 219 Å². The molecule has 2 aromatic rings. The van der Waals surface area contributed by atoms with Gasteiger partial charge in [0.25, 0.3) is 0 Å². The molecule has 2 N–H and O–H groups in total. The van der Waals surface area contributed by atoms with Crippen molar-refractivity contribution in [2.75, 3.05) is 48.5 Å². The van der Waals surface area contributed by atoms with Crippen LogP contribution >= 0.6 is 11.6 Å². The van der Waals surface area contributed by atoms with E-state index >= 15 is 0 Å². The number of aromatic nitrogens is 2. The summed E-state index contributed by atoms with van der Waals surface area (Å²) in [5.41, 5.74) is 3.15. The number of ether oxygens (including phenoxy) is 2. The third-order valence-electron chi connectivity index (χ3n) is 8.09. The number of anilines is 4. The monoisotopic (exact) mass is 530 g/mol. The average molecular weight is 531 g/mol. The molecule has 37 heavy (non-hydrogen) atoms. The number of morpholine rings is 1. The van der Waals surface area contributed by atoms with Gasteiger partial charge in [0.2, 0.25) is 5.95 Å². The predicted octanol–water partition coefficient (Wildman–Crippen LogP) is 4.39. The fourth-order valence-corrected chi connectivity index (χ4v) is 6.18. The van der Waals surface area contributed by atoms with Gasteiger partial charge in [0, 0.05) is 24.0 Å². The first-order valence-electron chi connectivity index (χ1n) is 12.9. The van der Waals surface area contributed by atoms with Crippen molar-refractivity contribution in [1.82, 2.24) is 15.3 Å². The Hall–Kier alpha value is -2.85. The second-order valence-corrected chi connectivity index (χ2v) is 11.1. The van der Waals surface area contributed by atoms with Gasteiger partial charge in [-0.15, -0.1) is 0 Å². The summed E-state index contributed by atoms with van der Waals surface area (Å²) in [6.07, 6.45) is 5.36. The van der Waals surface area contributed by atoms with Crippen molar-refractivity contribution in [2.24, 2.45) is 5.92 Å². The van der Waals surface area contributed by atoms with Crippen LogP contribution in [0.5, 0.6) is 0 Å². The van der Waals surface area contributed by atoms with E-state index in [4.69, 9.17) is 26.1 Å². The average Bonchev–Trinajstić information content (AvgIpc) is 3.69. The maximum absolute atomic E-state index is 14.9. The number of rotatable bonds is 4. The number of fused-ring (bicyclic) bond motifs is 4. The highest BCUT2D eigenvalue weighted by atomic mass is 35.5. The van der Waals surface area contributed by atoms with Crippen molar-refractivity contribution in [3.05, 3.63) is 40.7 Å². The molecule has 1 saturated carbocycles. The van der Waals surface area contributed by atoms with Gasteiger partial charge in [-0.25, -0.2) is 13.8 Å². The lowest BCUT2D eigenvalue weighted by Crippen LogP contribution is -2.47. The van der Waals surface area contributed by atoms with Crippen molar-refractivity contribution >= 4 is 40.4 Å². The molecule has 1 aromatic carbocycles. The minimum atomic E-state index is -2.93. The van der Waals surface area contributed by atoms with Crippen LogP contribution in [0.4, 0.5) is 31.9 Å². The van der Waals surface area contributed by atoms with E-state index in [9.17, 15) is 8.78 Å². The maximum Gasteiger partial charge on any atom is 0.301 e. The number of nitrogens with zero attached hydrogens (tertiary/aromatic N) is 4. The van der Waals surface area contributed by atoms with Crippen LogP contribution in [0.2, 0.25) is 5.02 Å². The lowest BCUT2D eigenvalue weighted by Gasteiger charge is -2.34. The van der Waals surface area contributed by atoms with Crippen molar-refractivity contribution < 1.29 is 18.3 Å². The maximum atomic E-state index is 14.9. The van der Waals surface area contributed by atoms with E-state index < -0.39 is 18.6 Å². The SMILES string of the molecule is CN1CC2=C(N[C@@H](C3CC3)C(F)(F)CO2)c2cc(Nc3nc(N4C5CCC4COC5)ncc3Cl)ccc21. The minimum Gasteiger partial charge on any atom is -0.487 e. The predicted molar refractivity (Wildman–Crippen MR) is 138 cm³/mol. The fraction of sp³-hybridized carbons (Fsp3) is 0.538. The Morgan fingerprint density at radius 1 is 1.16 bits per heavy atom. The standard InChI is InChI=1S/C26H29ClF2N6O2/c1-34-10-21-22(32-23(14-2-3-14)26(28,29)13-37-21)18-8-15(4-7-20(18)34)31-24-19(27)9-30-25(33-24)35-16-5-6-17(35)12-36-11-16/h4,7-9,14,16-17,23,32H,2-3,5-6,10-13H2,1H3,(H,30,31,33)/t16?,17?,23-/m0/s1. The Kier molecular flexibility index (Phi) is 5.41. The molecule has 8 nitrogen and oxygen atoms in total. The number of likely N-dealkylation sites (N-methyl/N-ethyl adjacent to an activating group) is 1. The summed E-state index contributed by atoms with van der Waals surface area (Å²) >= 11 is 6.50. The van der Waals surface area contributed by atoms with Crippen LogP contribution in [0.3, 0.4) is 0 Å². The fourth-order valence-electron chi connectivity index (χ4n) is 6.04. The van der Waals surface area contributed by atoms with Crippen LogP contribution in [0.15, 0.2) is 30.2 Å². The molecule has 2 unspecified atom stereocenters. The number of hydrogen-bond acceptors (Lipinski definition) is 8. The van der Waals surface area contributed by atoms with Crippen LogP contribution in [0.1, 0.15) is 31.2 Å². The number of alkyl halides is 2. The van der Waals surface area contributed by atoms with Gasteiger partial charge in [0.05, 0.1) is 49.8 Å². The van der Waals surface area contributed by atoms with Gasteiger partial charge >= 0.3 is 5.92 Å². The Morgan fingerprint density at radius 3 is 2.70 bits per heavy atom. The first kappa shape index (κ1) is 23.3. The van der Waals surface area contributed by atoms with Gasteiger partial charge in [0.15, 0.2) is 12.4 Å². The molecule has 5 aliphatic rings. The Bertz CT molecular complexity index is 1260. The largest absolute Gasteiger partial charge is 0.487 e. The zero-order valence-electron chi connectivity index (χ0n) is 20.5. The number of benzene rings is 1. The molecular weight excluding hydrogens is 502 g/mol. The van der Waals surface area contributed by atoms with Crippen molar-refractivity contribution in [3.8, 4) is 0 Å². The van der Waals surface area contributed by atoms with Crippen molar-refractivity contribution in [3.63, 3.8) is 0 Å². The third-order valence-corrected chi connectivity index (χ3v) is 8.37. The van der Waals surface area contributed by atoms with Crippen LogP contribution in [0.25, 0.3) is 5.70 Å². The molecule has 1 aliphatic carbocycles. The first-order chi connectivity index (χ1) is 17.9. The van der Waals surface area contributed by atoms with Gasteiger partial charge in [0.1, 0.15) is 10.8 Å². The summed E-state index contributed by atoms with van der Waals surface area (Å²) in [6.45, 7) is 1.18. The summed E-state index contributed by atoms with van der Waals surface area (Å²) in [5.74, 6) is -1.29. The van der Waals surface area contributed by atoms with E-state index in [1.165, 1.54) is 0 Å². The highest BCUT2D eigenvalue weighted by Crippen LogP contribution is 2.45. The molecule has 3 fully saturated rings. The smallest absolute Gasteiger partial charge is 0.301 e. The topological polar surface area (TPSA) is 74.8 Å². The number of hydrogen-bond donors (Lipinski definition) is 2. The zero-order chi connectivity index (χ0) is 25.3. The quantitative estimate of drug-likeness (QED) is 0.603. The minimum absolute atomic E-state index is 0.0383. The van der Waals surface area contributed by atoms with E-state index in [0.29, 0.717) is 48.0 Å². The van der Waals surface area contributed by atoms with Crippen molar-refractivity contribution in [2.45, 2.75) is 49.7 Å². The summed E-state index contributed by atoms with van der Waals surface area (Å²) in [5, 5.41) is 6.95. The molecular formula is C26H29ClF2N6O2. The molecule has 0 amide bonds. The Morgan fingerprint density at radius 2 is 1.95 bits per heavy atom. The molecule has 196 valence electrons. The molecule has 7 rings (SSSR count). The number of nitrogens with one attached hydrogen (secondary N) is 2. The van der Waals surface area contributed by atoms with Crippen LogP contribution < -0.4 is 20.4 Å². The van der Waals surface area contributed by atoms with E-state index in [-0.39, 0.29) is 18.0 Å². The normalized spacial score (nSPS) is 28.2. The van der Waals surface area contributed by atoms with Gasteiger partial charge in [-0.1, -0.05) is 11.6 Å². The van der Waals surface area contributed by atoms with Crippen LogP contribution in [0, 0.1) is 5.92 Å². The highest BCUT2D eigenvalue weighted by Gasteiger charge is 2.51. The molecule has 5 heterocycles. The first-order valence-corrected chi connectivity index (χ1v) is 13.3. The van der Waals surface area contributed by atoms with E-state index in [1.54, 1.807) is 6.20 Å². The third kappa shape index (κ3) is 4.05. The second-order valence-electron chi connectivity index (χ2n) is 10.7. The Balaban J connectivity index is 1.21. The summed E-state index contributed by atoms with van der Waals surface area (Å²) in [7, 11) is 1.94. The molecule has 3 atom stereocenters. The molecule has 1 aromatic heterocycles. The zero-order valence-corrected chi connectivity index (χ0v) is 21.3. The molecule has 2 saturated heterocycles. The summed E-state index contributed by atoms with van der Waals surface area (Å²) in [4.78, 5) is 13.5. The lowest BCUT2D eigenvalue weighted by atomic mass is 10.00. The highest BCUT2D eigenvalue weighted by molar-refractivity contribution is 6.32. The molecule has 0 spiro atoms. The number of halogens is 3. The summed E-state index contributed by atoms with van der Waals surface area (Å²) in [6, 6.07) is 5.49. The van der Waals surface area contributed by atoms with Gasteiger partial charge < -0.3 is 29.9 Å². The van der Waals surface area contributed by atoms with Crippen molar-refractivity contribution in [1.29, 1.82) is 0 Å². The van der Waals surface area contributed by atoms with Gasteiger partial charge in [-0.3, -0.25) is 0 Å². The molecule has 0 radical (unpaired) electrons. The van der Waals surface area contributed by atoms with Gasteiger partial charge in [-0.05, 0) is 49.8 Å². The summed E-state index contributed by atoms with van der Waals surface area (Å²) < 4.78 is 41.2. The molecule has 2 bridgehead atoms.